The first-order valence-electron chi connectivity index (χ1n) is 8.07. The minimum atomic E-state index is -3.43. The van der Waals surface area contributed by atoms with Gasteiger partial charge in [-0.05, 0) is 31.6 Å². The molecule has 0 atom stereocenters. The van der Waals surface area contributed by atoms with Crippen LogP contribution in [-0.4, -0.2) is 27.4 Å². The van der Waals surface area contributed by atoms with Crippen molar-refractivity contribution in [3.63, 3.8) is 0 Å². The Bertz CT molecular complexity index is 380. The predicted molar refractivity (Wildman–Crippen MR) is 80.9 cm³/mol. The monoisotopic (exact) mass is 303 g/mol. The molecule has 0 aliphatic heterocycles. The summed E-state index contributed by atoms with van der Waals surface area (Å²) >= 11 is 0. The number of rotatable bonds is 6. The molecule has 0 aromatic rings. The molecule has 2 aliphatic rings. The van der Waals surface area contributed by atoms with Gasteiger partial charge >= 0.3 is 0 Å². The van der Waals surface area contributed by atoms with E-state index >= 15 is 0 Å². The average Bonchev–Trinajstić information content (AvgIpc) is 2.75. The second-order valence-electron chi connectivity index (χ2n) is 6.89. The van der Waals surface area contributed by atoms with Gasteiger partial charge in [0.15, 0.2) is 0 Å². The van der Waals surface area contributed by atoms with E-state index in [1.54, 1.807) is 0 Å². The predicted octanol–water partition coefficient (Wildman–Crippen LogP) is 2.82. The van der Waals surface area contributed by atoms with Crippen molar-refractivity contribution in [2.75, 3.05) is 19.0 Å². The van der Waals surface area contributed by atoms with E-state index in [0.717, 1.165) is 32.3 Å². The van der Waals surface area contributed by atoms with Crippen molar-refractivity contribution in [3.05, 3.63) is 0 Å². The van der Waals surface area contributed by atoms with E-state index in [1.165, 1.54) is 38.5 Å². The highest BCUT2D eigenvalue weighted by Crippen LogP contribution is 2.37. The van der Waals surface area contributed by atoms with Gasteiger partial charge in [0.2, 0.25) is 10.0 Å². The zero-order chi connectivity index (χ0) is 14.5. The lowest BCUT2D eigenvalue weighted by atomic mass is 9.83. The summed E-state index contributed by atoms with van der Waals surface area (Å²) in [5, 5.41) is 5.31. The Morgan fingerprint density at radius 3 is 2.15 bits per heavy atom. The van der Waals surface area contributed by atoms with Crippen molar-refractivity contribution in [1.82, 2.24) is 0 Å². The summed E-state index contributed by atoms with van der Waals surface area (Å²) in [5.74, 6) is 0.775. The van der Waals surface area contributed by atoms with Crippen molar-refractivity contribution < 1.29 is 13.2 Å². The first kappa shape index (κ1) is 16.2. The molecular weight excluding hydrogens is 274 g/mol. The third-order valence-electron chi connectivity index (χ3n) is 4.91. The van der Waals surface area contributed by atoms with Gasteiger partial charge in [-0.3, -0.25) is 0 Å². The number of ether oxygens (including phenoxy) is 1. The van der Waals surface area contributed by atoms with Gasteiger partial charge in [-0.25, -0.2) is 13.6 Å². The quantitative estimate of drug-likeness (QED) is 0.767. The van der Waals surface area contributed by atoms with Crippen LogP contribution >= 0.6 is 0 Å². The van der Waals surface area contributed by atoms with Gasteiger partial charge in [0.25, 0.3) is 0 Å². The van der Waals surface area contributed by atoms with Gasteiger partial charge in [0, 0.05) is 12.0 Å². The molecule has 0 bridgehead atoms. The maximum atomic E-state index is 11.6. The Morgan fingerprint density at radius 1 is 1.00 bits per heavy atom. The van der Waals surface area contributed by atoms with E-state index in [-0.39, 0.29) is 11.2 Å². The Kier molecular flexibility index (Phi) is 5.87. The number of hydrogen-bond acceptors (Lipinski definition) is 3. The maximum absolute atomic E-state index is 11.6. The van der Waals surface area contributed by atoms with Crippen molar-refractivity contribution in [2.45, 2.75) is 64.2 Å². The zero-order valence-corrected chi connectivity index (χ0v) is 13.3. The Balaban J connectivity index is 1.90. The normalized spacial score (nSPS) is 24.6. The Labute approximate surface area is 123 Å². The van der Waals surface area contributed by atoms with Crippen molar-refractivity contribution >= 4 is 10.0 Å². The lowest BCUT2D eigenvalue weighted by Crippen LogP contribution is -2.37. The molecule has 2 saturated carbocycles. The molecule has 2 rings (SSSR count). The number of primary sulfonamides is 1. The third kappa shape index (κ3) is 5.34. The molecule has 0 spiro atoms. The topological polar surface area (TPSA) is 69.4 Å². The van der Waals surface area contributed by atoms with E-state index in [1.807, 2.05) is 0 Å². The molecule has 0 radical (unpaired) electrons. The summed E-state index contributed by atoms with van der Waals surface area (Å²) in [6, 6.07) is 0. The first-order valence-corrected chi connectivity index (χ1v) is 9.79. The van der Waals surface area contributed by atoms with Gasteiger partial charge in [-0.15, -0.1) is 0 Å². The highest BCUT2D eigenvalue weighted by atomic mass is 32.2. The lowest BCUT2D eigenvalue weighted by Gasteiger charge is -2.32. The summed E-state index contributed by atoms with van der Waals surface area (Å²) in [4.78, 5) is 0. The fourth-order valence-electron chi connectivity index (χ4n) is 3.85. The fraction of sp³-hybridized carbons (Fsp3) is 1.00. The van der Waals surface area contributed by atoms with Gasteiger partial charge in [0.05, 0.1) is 12.4 Å². The van der Waals surface area contributed by atoms with Crippen LogP contribution in [-0.2, 0) is 14.8 Å². The SMILES string of the molecule is NS(=O)(=O)CC1(COCC2CCCC2)CCCCCC1. The minimum Gasteiger partial charge on any atom is -0.381 e. The molecule has 0 amide bonds. The van der Waals surface area contributed by atoms with Crippen LogP contribution in [0.15, 0.2) is 0 Å². The van der Waals surface area contributed by atoms with E-state index in [9.17, 15) is 8.42 Å². The van der Waals surface area contributed by atoms with Crippen LogP contribution in [0, 0.1) is 11.3 Å². The molecule has 2 fully saturated rings. The molecule has 118 valence electrons. The summed E-state index contributed by atoms with van der Waals surface area (Å²) < 4.78 is 29.1. The van der Waals surface area contributed by atoms with E-state index in [4.69, 9.17) is 9.88 Å². The van der Waals surface area contributed by atoms with Crippen LogP contribution < -0.4 is 5.14 Å². The van der Waals surface area contributed by atoms with Crippen molar-refractivity contribution in [3.8, 4) is 0 Å². The molecule has 0 heterocycles. The van der Waals surface area contributed by atoms with Crippen LogP contribution in [0.1, 0.15) is 64.2 Å². The smallest absolute Gasteiger partial charge is 0.209 e. The number of hydrogen-bond donors (Lipinski definition) is 1. The molecule has 4 nitrogen and oxygen atoms in total. The molecule has 0 aromatic heterocycles. The summed E-state index contributed by atoms with van der Waals surface area (Å²) in [6.45, 7) is 1.37. The molecule has 0 saturated heterocycles. The molecule has 2 N–H and O–H groups in total. The number of nitrogens with two attached hydrogens (primary N) is 1. The van der Waals surface area contributed by atoms with Gasteiger partial charge in [0.1, 0.15) is 0 Å². The van der Waals surface area contributed by atoms with Gasteiger partial charge < -0.3 is 4.74 Å². The highest BCUT2D eigenvalue weighted by molar-refractivity contribution is 7.89. The second-order valence-corrected chi connectivity index (χ2v) is 8.50. The largest absolute Gasteiger partial charge is 0.381 e. The van der Waals surface area contributed by atoms with Crippen LogP contribution in [0.5, 0.6) is 0 Å². The summed E-state index contributed by atoms with van der Waals surface area (Å²) in [6.07, 6.45) is 11.6. The molecule has 2 aliphatic carbocycles. The molecule has 0 aromatic carbocycles. The fourth-order valence-corrected chi connectivity index (χ4v) is 5.08. The molecule has 5 heteroatoms. The van der Waals surface area contributed by atoms with Gasteiger partial charge in [-0.2, -0.15) is 0 Å². The lowest BCUT2D eigenvalue weighted by molar-refractivity contribution is 0.0277. The van der Waals surface area contributed by atoms with Gasteiger partial charge in [-0.1, -0.05) is 38.5 Å². The molecule has 20 heavy (non-hydrogen) atoms. The van der Waals surface area contributed by atoms with Crippen molar-refractivity contribution in [1.29, 1.82) is 0 Å². The Hall–Kier alpha value is -0.130. The number of sulfonamides is 1. The molecular formula is C15H29NO3S. The van der Waals surface area contributed by atoms with Crippen molar-refractivity contribution in [2.24, 2.45) is 16.5 Å². The van der Waals surface area contributed by atoms with E-state index < -0.39 is 10.0 Å². The zero-order valence-electron chi connectivity index (χ0n) is 12.5. The maximum Gasteiger partial charge on any atom is 0.209 e. The third-order valence-corrected chi connectivity index (χ3v) is 5.92. The Morgan fingerprint density at radius 2 is 1.60 bits per heavy atom. The summed E-state index contributed by atoms with van der Waals surface area (Å²) in [5.41, 5.74) is -0.233. The van der Waals surface area contributed by atoms with E-state index in [0.29, 0.717) is 12.5 Å². The average molecular weight is 303 g/mol. The van der Waals surface area contributed by atoms with Crippen LogP contribution in [0.2, 0.25) is 0 Å². The van der Waals surface area contributed by atoms with E-state index in [2.05, 4.69) is 0 Å². The standard InChI is InChI=1S/C15H29NO3S/c16-20(17,18)13-15(9-5-1-2-6-10-15)12-19-11-14-7-3-4-8-14/h14H,1-13H2,(H2,16,17,18). The first-order chi connectivity index (χ1) is 9.49. The van der Waals surface area contributed by atoms with Crippen LogP contribution in [0.25, 0.3) is 0 Å². The van der Waals surface area contributed by atoms with Crippen LogP contribution in [0.3, 0.4) is 0 Å². The molecule has 0 unspecified atom stereocenters. The highest BCUT2D eigenvalue weighted by Gasteiger charge is 2.35. The summed E-state index contributed by atoms with van der Waals surface area (Å²) in [7, 11) is -3.43. The second kappa shape index (κ2) is 7.23. The minimum absolute atomic E-state index is 0.0880. The van der Waals surface area contributed by atoms with Crippen LogP contribution in [0.4, 0.5) is 0 Å².